The Kier molecular flexibility index (Phi) is 5.93. The topological polar surface area (TPSA) is 55.3 Å². The summed E-state index contributed by atoms with van der Waals surface area (Å²) in [5.74, 6) is 2.68. The molecular weight excluding hydrogens is 433 g/mol. The Morgan fingerprint density at radius 3 is 2.96 bits per heavy atom. The number of ether oxygens (including phenoxy) is 3. The standard InChI is InChI=1S/C18H25N3O3.HI/c1-19-17(21-8-5-18(11-21)6-9-22-12-18)20-7-4-14-2-3-15-16(10-14)24-13-23-15;/h2-3,10H,4-9,11-13H2,1H3,(H,19,20);1H. The van der Waals surface area contributed by atoms with Crippen molar-refractivity contribution in [2.45, 2.75) is 19.3 Å². The number of rotatable bonds is 3. The van der Waals surface area contributed by atoms with Crippen molar-refractivity contribution in [2.75, 3.05) is 46.7 Å². The number of aliphatic imine (C=N–C) groups is 1. The third kappa shape index (κ3) is 3.97. The second kappa shape index (κ2) is 7.99. The van der Waals surface area contributed by atoms with Crippen molar-refractivity contribution in [3.05, 3.63) is 23.8 Å². The van der Waals surface area contributed by atoms with Crippen molar-refractivity contribution >= 4 is 29.9 Å². The number of hydrogen-bond donors (Lipinski definition) is 1. The first-order chi connectivity index (χ1) is 11.8. The molecule has 0 aromatic heterocycles. The lowest BCUT2D eigenvalue weighted by Gasteiger charge is -2.25. The van der Waals surface area contributed by atoms with Crippen molar-refractivity contribution in [2.24, 2.45) is 10.4 Å². The van der Waals surface area contributed by atoms with Crippen LogP contribution in [0.4, 0.5) is 0 Å². The van der Waals surface area contributed by atoms with E-state index in [1.165, 1.54) is 18.4 Å². The number of nitrogens with one attached hydrogen (secondary N) is 1. The number of hydrogen-bond acceptors (Lipinski definition) is 4. The Labute approximate surface area is 165 Å². The Morgan fingerprint density at radius 1 is 1.28 bits per heavy atom. The molecular formula is C18H26IN3O3. The van der Waals surface area contributed by atoms with Crippen LogP contribution in [0.25, 0.3) is 0 Å². The lowest BCUT2D eigenvalue weighted by Crippen LogP contribution is -2.42. The van der Waals surface area contributed by atoms with Gasteiger partial charge >= 0.3 is 0 Å². The Hall–Kier alpha value is -1.22. The molecule has 7 heteroatoms. The maximum atomic E-state index is 5.61. The second-order valence-electron chi connectivity index (χ2n) is 6.89. The van der Waals surface area contributed by atoms with Crippen molar-refractivity contribution in [1.82, 2.24) is 10.2 Å². The van der Waals surface area contributed by atoms with Gasteiger partial charge in [-0.25, -0.2) is 0 Å². The molecule has 2 fully saturated rings. The van der Waals surface area contributed by atoms with Crippen LogP contribution < -0.4 is 14.8 Å². The fourth-order valence-corrected chi connectivity index (χ4v) is 3.83. The van der Waals surface area contributed by atoms with E-state index in [0.717, 1.165) is 56.7 Å². The molecule has 3 heterocycles. The summed E-state index contributed by atoms with van der Waals surface area (Å²) in [5, 5.41) is 3.50. The van der Waals surface area contributed by atoms with Crippen molar-refractivity contribution in [3.8, 4) is 11.5 Å². The van der Waals surface area contributed by atoms with Gasteiger partial charge in [0.05, 0.1) is 6.61 Å². The van der Waals surface area contributed by atoms with E-state index >= 15 is 0 Å². The lowest BCUT2D eigenvalue weighted by molar-refractivity contribution is 0.156. The van der Waals surface area contributed by atoms with Crippen LogP contribution in [-0.2, 0) is 11.2 Å². The van der Waals surface area contributed by atoms with Gasteiger partial charge in [0.25, 0.3) is 0 Å². The van der Waals surface area contributed by atoms with Gasteiger partial charge < -0.3 is 24.4 Å². The van der Waals surface area contributed by atoms with Crippen LogP contribution in [0.15, 0.2) is 23.2 Å². The zero-order chi connectivity index (χ0) is 16.4. The van der Waals surface area contributed by atoms with Crippen LogP contribution in [0.5, 0.6) is 11.5 Å². The molecule has 0 radical (unpaired) electrons. The molecule has 6 nitrogen and oxygen atoms in total. The maximum Gasteiger partial charge on any atom is 0.231 e. The molecule has 25 heavy (non-hydrogen) atoms. The highest BCUT2D eigenvalue weighted by molar-refractivity contribution is 14.0. The van der Waals surface area contributed by atoms with E-state index in [0.29, 0.717) is 12.2 Å². The fourth-order valence-electron chi connectivity index (χ4n) is 3.83. The molecule has 0 saturated carbocycles. The third-order valence-electron chi connectivity index (χ3n) is 5.27. The summed E-state index contributed by atoms with van der Waals surface area (Å²) in [7, 11) is 1.86. The summed E-state index contributed by atoms with van der Waals surface area (Å²) >= 11 is 0. The highest BCUT2D eigenvalue weighted by atomic mass is 127. The van der Waals surface area contributed by atoms with Crippen LogP contribution in [-0.4, -0.2) is 57.5 Å². The zero-order valence-corrected chi connectivity index (χ0v) is 17.0. The number of fused-ring (bicyclic) bond motifs is 1. The van der Waals surface area contributed by atoms with E-state index in [4.69, 9.17) is 14.2 Å². The number of likely N-dealkylation sites (tertiary alicyclic amines) is 1. The molecule has 4 rings (SSSR count). The molecule has 1 atom stereocenters. The summed E-state index contributed by atoms with van der Waals surface area (Å²) in [6.45, 7) is 5.10. The molecule has 1 aromatic rings. The third-order valence-corrected chi connectivity index (χ3v) is 5.27. The molecule has 1 aromatic carbocycles. The molecule has 1 N–H and O–H groups in total. The van der Waals surface area contributed by atoms with Crippen LogP contribution in [0.3, 0.4) is 0 Å². The molecule has 3 aliphatic rings. The summed E-state index contributed by atoms with van der Waals surface area (Å²) in [5.41, 5.74) is 1.60. The minimum atomic E-state index is 0. The van der Waals surface area contributed by atoms with Crippen LogP contribution in [0.2, 0.25) is 0 Å². The smallest absolute Gasteiger partial charge is 0.231 e. The molecule has 0 aliphatic carbocycles. The van der Waals surface area contributed by atoms with E-state index in [-0.39, 0.29) is 24.0 Å². The highest BCUT2D eigenvalue weighted by Gasteiger charge is 2.42. The van der Waals surface area contributed by atoms with Gasteiger partial charge in [0.2, 0.25) is 6.79 Å². The quantitative estimate of drug-likeness (QED) is 0.427. The number of nitrogens with zero attached hydrogens (tertiary/aromatic N) is 2. The van der Waals surface area contributed by atoms with E-state index < -0.39 is 0 Å². The highest BCUT2D eigenvalue weighted by Crippen LogP contribution is 2.38. The van der Waals surface area contributed by atoms with Gasteiger partial charge in [-0.1, -0.05) is 6.07 Å². The average Bonchev–Trinajstić information content (AvgIpc) is 3.33. The van der Waals surface area contributed by atoms with Crippen molar-refractivity contribution in [1.29, 1.82) is 0 Å². The summed E-state index contributed by atoms with van der Waals surface area (Å²) in [4.78, 5) is 6.83. The number of benzene rings is 1. The lowest BCUT2D eigenvalue weighted by atomic mass is 9.87. The summed E-state index contributed by atoms with van der Waals surface area (Å²) in [6, 6.07) is 6.14. The summed E-state index contributed by atoms with van der Waals surface area (Å²) in [6.07, 6.45) is 3.31. The van der Waals surface area contributed by atoms with E-state index in [9.17, 15) is 0 Å². The number of guanidine groups is 1. The monoisotopic (exact) mass is 459 g/mol. The minimum Gasteiger partial charge on any atom is -0.454 e. The zero-order valence-electron chi connectivity index (χ0n) is 14.6. The molecule has 1 spiro atoms. The Bertz CT molecular complexity index is 632. The second-order valence-corrected chi connectivity index (χ2v) is 6.89. The first kappa shape index (κ1) is 18.6. The summed E-state index contributed by atoms with van der Waals surface area (Å²) < 4.78 is 16.4. The number of halogens is 1. The maximum absolute atomic E-state index is 5.61. The minimum absolute atomic E-state index is 0. The Morgan fingerprint density at radius 2 is 2.16 bits per heavy atom. The van der Waals surface area contributed by atoms with Crippen molar-refractivity contribution in [3.63, 3.8) is 0 Å². The molecule has 3 aliphatic heterocycles. The molecule has 1 unspecified atom stereocenters. The first-order valence-electron chi connectivity index (χ1n) is 8.70. The molecule has 0 bridgehead atoms. The van der Waals surface area contributed by atoms with Gasteiger partial charge in [-0.2, -0.15) is 0 Å². The van der Waals surface area contributed by atoms with E-state index in [1.54, 1.807) is 0 Å². The largest absolute Gasteiger partial charge is 0.454 e. The Balaban J connectivity index is 0.00000182. The van der Waals surface area contributed by atoms with Crippen molar-refractivity contribution < 1.29 is 14.2 Å². The first-order valence-corrected chi connectivity index (χ1v) is 8.70. The molecule has 138 valence electrons. The molecule has 2 saturated heterocycles. The predicted molar refractivity (Wildman–Crippen MR) is 107 cm³/mol. The van der Waals surface area contributed by atoms with Gasteiger partial charge in [0.15, 0.2) is 17.5 Å². The average molecular weight is 459 g/mol. The molecule has 0 amide bonds. The van der Waals surface area contributed by atoms with Gasteiger partial charge in [0.1, 0.15) is 0 Å². The fraction of sp³-hybridized carbons (Fsp3) is 0.611. The van der Waals surface area contributed by atoms with Crippen LogP contribution in [0.1, 0.15) is 18.4 Å². The normalized spacial score (nSPS) is 24.7. The van der Waals surface area contributed by atoms with Crippen LogP contribution in [0, 0.1) is 5.41 Å². The van der Waals surface area contributed by atoms with Gasteiger partial charge in [-0.05, 0) is 37.0 Å². The SMILES string of the molecule is CN=C(NCCc1ccc2c(c1)OCO2)N1CCC2(CCOC2)C1.I. The van der Waals surface area contributed by atoms with E-state index in [2.05, 4.69) is 27.3 Å². The van der Waals surface area contributed by atoms with Crippen LogP contribution >= 0.6 is 24.0 Å². The predicted octanol–water partition coefficient (Wildman–Crippen LogP) is 2.26. The van der Waals surface area contributed by atoms with E-state index in [1.807, 2.05) is 13.1 Å². The van der Waals surface area contributed by atoms with Gasteiger partial charge in [0, 0.05) is 38.7 Å². The van der Waals surface area contributed by atoms with Gasteiger partial charge in [-0.3, -0.25) is 4.99 Å². The van der Waals surface area contributed by atoms with Gasteiger partial charge in [-0.15, -0.1) is 24.0 Å².